The maximum atomic E-state index is 13.6. The van der Waals surface area contributed by atoms with Gasteiger partial charge in [-0.1, -0.05) is 33.6 Å². The summed E-state index contributed by atoms with van der Waals surface area (Å²) in [6.07, 6.45) is 0. The number of benzene rings is 2. The number of ether oxygens (including phenoxy) is 1. The molecule has 0 unspecified atom stereocenters. The van der Waals surface area contributed by atoms with Crippen molar-refractivity contribution in [2.75, 3.05) is 0 Å². The van der Waals surface area contributed by atoms with Gasteiger partial charge in [0.05, 0.1) is 0 Å². The molecule has 0 amide bonds. The zero-order chi connectivity index (χ0) is 14.0. The van der Waals surface area contributed by atoms with Crippen LogP contribution in [0.25, 0.3) is 0 Å². The van der Waals surface area contributed by atoms with Gasteiger partial charge in [-0.2, -0.15) is 4.39 Å². The summed E-state index contributed by atoms with van der Waals surface area (Å²) in [4.78, 5) is 0. The van der Waals surface area contributed by atoms with E-state index in [1.54, 1.807) is 12.1 Å². The largest absolute Gasteiger partial charge is 0.454 e. The minimum Gasteiger partial charge on any atom is -0.454 e. The van der Waals surface area contributed by atoms with Gasteiger partial charge >= 0.3 is 0 Å². The number of halogens is 4. The maximum Gasteiger partial charge on any atom is 0.201 e. The van der Waals surface area contributed by atoms with Crippen LogP contribution in [0.2, 0.25) is 5.02 Å². The molecular weight excluding hydrogens is 340 g/mol. The summed E-state index contributed by atoms with van der Waals surface area (Å²) in [6.45, 7) is 0.199. The van der Waals surface area contributed by atoms with Crippen LogP contribution in [0.4, 0.5) is 8.78 Å². The summed E-state index contributed by atoms with van der Waals surface area (Å²) in [5.41, 5.74) is 6.19. The Kier molecular flexibility index (Phi) is 4.39. The Hall–Kier alpha value is -1.17. The second-order valence-electron chi connectivity index (χ2n) is 3.76. The molecule has 0 atom stereocenters. The van der Waals surface area contributed by atoms with Crippen LogP contribution in [0.3, 0.4) is 0 Å². The minimum absolute atomic E-state index is 0.199. The number of hydrogen-bond donors (Lipinski definition) is 1. The highest BCUT2D eigenvalue weighted by molar-refractivity contribution is 9.10. The monoisotopic (exact) mass is 347 g/mol. The summed E-state index contributed by atoms with van der Waals surface area (Å²) in [5.74, 6) is -2.00. The van der Waals surface area contributed by atoms with Gasteiger partial charge in [-0.3, -0.25) is 0 Å². The van der Waals surface area contributed by atoms with E-state index in [1.807, 2.05) is 0 Å². The fourth-order valence-electron chi connectivity index (χ4n) is 1.52. The number of nitrogens with two attached hydrogens (primary N) is 1. The molecule has 0 aliphatic carbocycles. The number of hydrogen-bond acceptors (Lipinski definition) is 2. The van der Waals surface area contributed by atoms with Gasteiger partial charge in [0.1, 0.15) is 5.75 Å². The van der Waals surface area contributed by atoms with Crippen LogP contribution in [-0.4, -0.2) is 0 Å². The molecule has 0 heterocycles. The second kappa shape index (κ2) is 5.86. The molecular formula is C13H9BrClF2NO. The van der Waals surface area contributed by atoms with E-state index >= 15 is 0 Å². The highest BCUT2D eigenvalue weighted by Gasteiger charge is 2.14. The summed E-state index contributed by atoms with van der Waals surface area (Å²) < 4.78 is 32.6. The summed E-state index contributed by atoms with van der Waals surface area (Å²) in [6, 6.07) is 7.17. The van der Waals surface area contributed by atoms with Gasteiger partial charge in [-0.25, -0.2) is 4.39 Å². The summed E-state index contributed by atoms with van der Waals surface area (Å²) in [7, 11) is 0. The Morgan fingerprint density at radius 3 is 2.58 bits per heavy atom. The van der Waals surface area contributed by atoms with Gasteiger partial charge in [0, 0.05) is 21.6 Å². The van der Waals surface area contributed by atoms with Crippen molar-refractivity contribution in [3.05, 3.63) is 57.0 Å². The van der Waals surface area contributed by atoms with Crippen LogP contribution in [0.15, 0.2) is 34.8 Å². The third kappa shape index (κ3) is 3.23. The van der Waals surface area contributed by atoms with E-state index in [4.69, 9.17) is 22.1 Å². The smallest absolute Gasteiger partial charge is 0.201 e. The van der Waals surface area contributed by atoms with Gasteiger partial charge in [0.15, 0.2) is 11.6 Å². The average molecular weight is 349 g/mol. The van der Waals surface area contributed by atoms with Crippen LogP contribution in [-0.2, 0) is 6.54 Å². The second-order valence-corrected chi connectivity index (χ2v) is 5.11. The lowest BCUT2D eigenvalue weighted by molar-refractivity contribution is 0.412. The molecule has 0 aliphatic rings. The van der Waals surface area contributed by atoms with Crippen molar-refractivity contribution in [2.45, 2.75) is 6.54 Å². The van der Waals surface area contributed by atoms with Crippen LogP contribution in [0, 0.1) is 11.6 Å². The van der Waals surface area contributed by atoms with Crippen LogP contribution < -0.4 is 10.5 Å². The lowest BCUT2D eigenvalue weighted by Gasteiger charge is -2.11. The van der Waals surface area contributed by atoms with E-state index in [9.17, 15) is 8.78 Å². The Bertz CT molecular complexity index is 622. The van der Waals surface area contributed by atoms with Crippen molar-refractivity contribution in [1.29, 1.82) is 0 Å². The Balaban J connectivity index is 2.44. The topological polar surface area (TPSA) is 35.2 Å². The molecule has 0 aliphatic heterocycles. The SMILES string of the molecule is NCc1ccc(Cl)cc1Oc1cc(Br)cc(F)c1F. The molecule has 0 saturated heterocycles. The van der Waals surface area contributed by atoms with E-state index < -0.39 is 11.6 Å². The Morgan fingerprint density at radius 2 is 1.89 bits per heavy atom. The highest BCUT2D eigenvalue weighted by atomic mass is 79.9. The van der Waals surface area contributed by atoms with E-state index in [-0.39, 0.29) is 12.3 Å². The lowest BCUT2D eigenvalue weighted by Crippen LogP contribution is -2.00. The van der Waals surface area contributed by atoms with E-state index in [0.717, 1.165) is 6.07 Å². The molecule has 0 saturated carbocycles. The molecule has 0 radical (unpaired) electrons. The number of rotatable bonds is 3. The molecule has 2 aromatic carbocycles. The first-order chi connectivity index (χ1) is 9.01. The zero-order valence-corrected chi connectivity index (χ0v) is 11.9. The standard InChI is InChI=1S/C13H9BrClF2NO/c14-8-3-10(16)13(17)12(4-8)19-11-5-9(15)2-1-7(11)6-18/h1-5H,6,18H2. The molecule has 2 aromatic rings. The Morgan fingerprint density at radius 1 is 1.16 bits per heavy atom. The molecule has 19 heavy (non-hydrogen) atoms. The summed E-state index contributed by atoms with van der Waals surface area (Å²) >= 11 is 8.92. The third-order valence-corrected chi connectivity index (χ3v) is 3.12. The molecule has 0 spiro atoms. The van der Waals surface area contributed by atoms with Gasteiger partial charge in [-0.05, 0) is 24.3 Å². The Labute approximate surface area is 122 Å². The first-order valence-electron chi connectivity index (χ1n) is 5.32. The quantitative estimate of drug-likeness (QED) is 0.821. The van der Waals surface area contributed by atoms with E-state index in [1.165, 1.54) is 12.1 Å². The molecule has 2 rings (SSSR count). The van der Waals surface area contributed by atoms with Crippen LogP contribution in [0.1, 0.15) is 5.56 Å². The van der Waals surface area contributed by atoms with E-state index in [2.05, 4.69) is 15.9 Å². The van der Waals surface area contributed by atoms with Crippen molar-refractivity contribution < 1.29 is 13.5 Å². The third-order valence-electron chi connectivity index (χ3n) is 2.43. The predicted molar refractivity (Wildman–Crippen MR) is 73.5 cm³/mol. The van der Waals surface area contributed by atoms with Crippen molar-refractivity contribution >= 4 is 27.5 Å². The maximum absolute atomic E-state index is 13.6. The average Bonchev–Trinajstić information content (AvgIpc) is 2.35. The molecule has 2 N–H and O–H groups in total. The molecule has 0 fully saturated rings. The first kappa shape index (κ1) is 14.2. The molecule has 6 heteroatoms. The zero-order valence-electron chi connectivity index (χ0n) is 9.59. The molecule has 2 nitrogen and oxygen atoms in total. The van der Waals surface area contributed by atoms with Gasteiger partial charge in [0.2, 0.25) is 5.82 Å². The fraction of sp³-hybridized carbons (Fsp3) is 0.0769. The van der Waals surface area contributed by atoms with Gasteiger partial charge in [-0.15, -0.1) is 0 Å². The fourth-order valence-corrected chi connectivity index (χ4v) is 2.09. The van der Waals surface area contributed by atoms with Crippen molar-refractivity contribution in [1.82, 2.24) is 0 Å². The molecule has 100 valence electrons. The first-order valence-corrected chi connectivity index (χ1v) is 6.49. The normalized spacial score (nSPS) is 10.6. The lowest BCUT2D eigenvalue weighted by atomic mass is 10.2. The van der Waals surface area contributed by atoms with Crippen LogP contribution in [0.5, 0.6) is 11.5 Å². The van der Waals surface area contributed by atoms with Crippen molar-refractivity contribution in [2.24, 2.45) is 5.73 Å². The minimum atomic E-state index is -1.06. The molecule has 0 bridgehead atoms. The van der Waals surface area contributed by atoms with E-state index in [0.29, 0.717) is 20.8 Å². The molecule has 0 aromatic heterocycles. The van der Waals surface area contributed by atoms with Crippen molar-refractivity contribution in [3.8, 4) is 11.5 Å². The predicted octanol–water partition coefficient (Wildman–Crippen LogP) is 4.63. The van der Waals surface area contributed by atoms with Crippen LogP contribution >= 0.6 is 27.5 Å². The van der Waals surface area contributed by atoms with Gasteiger partial charge < -0.3 is 10.5 Å². The van der Waals surface area contributed by atoms with Gasteiger partial charge in [0.25, 0.3) is 0 Å². The van der Waals surface area contributed by atoms with Crippen molar-refractivity contribution in [3.63, 3.8) is 0 Å². The summed E-state index contributed by atoms with van der Waals surface area (Å²) in [5, 5.41) is 0.420. The highest BCUT2D eigenvalue weighted by Crippen LogP contribution is 2.32.